The Morgan fingerprint density at radius 3 is 2.26 bits per heavy atom. The van der Waals surface area contributed by atoms with Crippen molar-refractivity contribution in [1.29, 1.82) is 0 Å². The number of piperidine rings is 1. The largest absolute Gasteiger partial charge is 0.342 e. The van der Waals surface area contributed by atoms with E-state index in [1.807, 2.05) is 11.0 Å². The van der Waals surface area contributed by atoms with Gasteiger partial charge in [-0.2, -0.15) is 0 Å². The maximum atomic E-state index is 12.9. The van der Waals surface area contributed by atoms with Crippen molar-refractivity contribution < 1.29 is 9.18 Å². The summed E-state index contributed by atoms with van der Waals surface area (Å²) in [5.74, 6) is 0.546. The van der Waals surface area contributed by atoms with Gasteiger partial charge < -0.3 is 4.90 Å². The topological polar surface area (TPSA) is 20.3 Å². The number of carbonyl (C=O) groups is 1. The van der Waals surface area contributed by atoms with Gasteiger partial charge in [0, 0.05) is 13.1 Å². The third kappa shape index (κ3) is 4.41. The van der Waals surface area contributed by atoms with Gasteiger partial charge in [0.05, 0.1) is 6.42 Å². The van der Waals surface area contributed by atoms with Crippen LogP contribution in [0, 0.1) is 11.7 Å². The summed E-state index contributed by atoms with van der Waals surface area (Å²) in [5, 5.41) is 0. The molecule has 2 aromatic rings. The maximum absolute atomic E-state index is 12.9. The van der Waals surface area contributed by atoms with Crippen LogP contribution < -0.4 is 0 Å². The minimum Gasteiger partial charge on any atom is -0.342 e. The lowest BCUT2D eigenvalue weighted by Gasteiger charge is -2.32. The molecule has 0 bridgehead atoms. The van der Waals surface area contributed by atoms with Crippen molar-refractivity contribution in [2.24, 2.45) is 5.92 Å². The van der Waals surface area contributed by atoms with E-state index in [9.17, 15) is 9.18 Å². The number of hydrogen-bond donors (Lipinski definition) is 0. The van der Waals surface area contributed by atoms with Gasteiger partial charge in [-0.1, -0.05) is 42.5 Å². The Bertz CT molecular complexity index is 630. The average Bonchev–Trinajstić information content (AvgIpc) is 2.58. The second kappa shape index (κ2) is 7.40. The van der Waals surface area contributed by atoms with Crippen LogP contribution in [0.2, 0.25) is 0 Å². The lowest BCUT2D eigenvalue weighted by molar-refractivity contribution is -0.131. The number of likely N-dealkylation sites (tertiary alicyclic amines) is 1. The Balaban J connectivity index is 1.48. The molecule has 0 unspecified atom stereocenters. The smallest absolute Gasteiger partial charge is 0.226 e. The fourth-order valence-electron chi connectivity index (χ4n) is 3.22. The molecule has 3 rings (SSSR count). The highest BCUT2D eigenvalue weighted by Gasteiger charge is 2.22. The summed E-state index contributed by atoms with van der Waals surface area (Å²) in [5.41, 5.74) is 2.26. The third-order valence-corrected chi connectivity index (χ3v) is 4.60. The molecule has 2 aromatic carbocycles. The Hall–Kier alpha value is -2.16. The van der Waals surface area contributed by atoms with Crippen molar-refractivity contribution in [3.8, 4) is 0 Å². The molecule has 1 fully saturated rings. The van der Waals surface area contributed by atoms with Crippen LogP contribution in [0.25, 0.3) is 0 Å². The van der Waals surface area contributed by atoms with Crippen LogP contribution in [-0.2, 0) is 17.6 Å². The highest BCUT2D eigenvalue weighted by molar-refractivity contribution is 5.78. The molecule has 1 aliphatic rings. The van der Waals surface area contributed by atoms with Gasteiger partial charge in [-0.3, -0.25) is 4.79 Å². The predicted octanol–water partition coefficient (Wildman–Crippen LogP) is 3.85. The molecule has 0 aromatic heterocycles. The molecule has 0 N–H and O–H groups in total. The predicted molar refractivity (Wildman–Crippen MR) is 89.6 cm³/mol. The Labute approximate surface area is 136 Å². The summed E-state index contributed by atoms with van der Waals surface area (Å²) in [4.78, 5) is 14.3. The molecular weight excluding hydrogens is 289 g/mol. The van der Waals surface area contributed by atoms with E-state index < -0.39 is 0 Å². The van der Waals surface area contributed by atoms with E-state index in [1.165, 1.54) is 17.7 Å². The van der Waals surface area contributed by atoms with Gasteiger partial charge >= 0.3 is 0 Å². The summed E-state index contributed by atoms with van der Waals surface area (Å²) in [6.45, 7) is 1.66. The molecule has 3 heteroatoms. The molecule has 1 saturated heterocycles. The molecule has 120 valence electrons. The summed E-state index contributed by atoms with van der Waals surface area (Å²) in [6, 6.07) is 16.7. The second-order valence-corrected chi connectivity index (χ2v) is 6.32. The van der Waals surface area contributed by atoms with E-state index in [4.69, 9.17) is 0 Å². The molecule has 0 spiro atoms. The van der Waals surface area contributed by atoms with E-state index in [1.54, 1.807) is 12.1 Å². The minimum atomic E-state index is -0.261. The highest BCUT2D eigenvalue weighted by atomic mass is 19.1. The van der Waals surface area contributed by atoms with Gasteiger partial charge in [-0.15, -0.1) is 0 Å². The Morgan fingerprint density at radius 1 is 0.957 bits per heavy atom. The fourth-order valence-corrected chi connectivity index (χ4v) is 3.22. The number of halogens is 1. The van der Waals surface area contributed by atoms with E-state index >= 15 is 0 Å². The maximum Gasteiger partial charge on any atom is 0.226 e. The molecule has 1 aliphatic heterocycles. The molecular formula is C20H22FNO. The van der Waals surface area contributed by atoms with Crippen LogP contribution in [-0.4, -0.2) is 23.9 Å². The van der Waals surface area contributed by atoms with Crippen molar-refractivity contribution in [2.45, 2.75) is 25.7 Å². The first-order valence-corrected chi connectivity index (χ1v) is 8.27. The third-order valence-electron chi connectivity index (χ3n) is 4.60. The van der Waals surface area contributed by atoms with Crippen LogP contribution in [0.4, 0.5) is 4.39 Å². The van der Waals surface area contributed by atoms with Crippen molar-refractivity contribution in [2.75, 3.05) is 13.1 Å². The van der Waals surface area contributed by atoms with Crippen LogP contribution in [0.3, 0.4) is 0 Å². The summed E-state index contributed by atoms with van der Waals surface area (Å²) >= 11 is 0. The fraction of sp³-hybridized carbons (Fsp3) is 0.350. The van der Waals surface area contributed by atoms with Crippen LogP contribution >= 0.6 is 0 Å². The number of hydrogen-bond acceptors (Lipinski definition) is 1. The zero-order valence-electron chi connectivity index (χ0n) is 13.2. The van der Waals surface area contributed by atoms with Crippen LogP contribution in [0.5, 0.6) is 0 Å². The zero-order chi connectivity index (χ0) is 16.1. The number of carbonyl (C=O) groups excluding carboxylic acids is 1. The molecule has 0 saturated carbocycles. The second-order valence-electron chi connectivity index (χ2n) is 6.32. The zero-order valence-corrected chi connectivity index (χ0v) is 13.2. The average molecular weight is 311 g/mol. The number of nitrogens with zero attached hydrogens (tertiary/aromatic N) is 1. The molecule has 0 atom stereocenters. The van der Waals surface area contributed by atoms with E-state index in [2.05, 4.69) is 24.3 Å². The number of amides is 1. The number of benzene rings is 2. The normalized spacial score (nSPS) is 15.6. The van der Waals surface area contributed by atoms with Crippen molar-refractivity contribution >= 4 is 5.91 Å². The summed E-state index contributed by atoms with van der Waals surface area (Å²) in [7, 11) is 0. The molecule has 0 radical (unpaired) electrons. The Kier molecular flexibility index (Phi) is 5.06. The highest BCUT2D eigenvalue weighted by Crippen LogP contribution is 2.22. The van der Waals surface area contributed by atoms with Crippen LogP contribution in [0.1, 0.15) is 24.0 Å². The number of rotatable bonds is 4. The SMILES string of the molecule is O=C(Cc1ccc(F)cc1)N1CCC(Cc2ccccc2)CC1. The van der Waals surface area contributed by atoms with Crippen molar-refractivity contribution in [1.82, 2.24) is 4.90 Å². The monoisotopic (exact) mass is 311 g/mol. The lowest BCUT2D eigenvalue weighted by Crippen LogP contribution is -2.39. The van der Waals surface area contributed by atoms with Gasteiger partial charge in [-0.05, 0) is 48.4 Å². The molecule has 2 nitrogen and oxygen atoms in total. The lowest BCUT2D eigenvalue weighted by atomic mass is 9.90. The van der Waals surface area contributed by atoms with Crippen molar-refractivity contribution in [3.63, 3.8) is 0 Å². The first kappa shape index (κ1) is 15.7. The van der Waals surface area contributed by atoms with Crippen LogP contribution in [0.15, 0.2) is 54.6 Å². The first-order chi connectivity index (χ1) is 11.2. The standard InChI is InChI=1S/C20H22FNO/c21-19-8-6-17(7-9-19)15-20(23)22-12-10-18(11-13-22)14-16-4-2-1-3-5-16/h1-9,18H,10-15H2. The van der Waals surface area contributed by atoms with E-state index in [-0.39, 0.29) is 11.7 Å². The van der Waals surface area contributed by atoms with Gasteiger partial charge in [0.15, 0.2) is 0 Å². The van der Waals surface area contributed by atoms with E-state index in [0.717, 1.165) is 37.9 Å². The summed E-state index contributed by atoms with van der Waals surface area (Å²) in [6.07, 6.45) is 3.58. The molecule has 23 heavy (non-hydrogen) atoms. The van der Waals surface area contributed by atoms with Crippen molar-refractivity contribution in [3.05, 3.63) is 71.5 Å². The van der Waals surface area contributed by atoms with Gasteiger partial charge in [0.2, 0.25) is 5.91 Å². The van der Waals surface area contributed by atoms with Gasteiger partial charge in [-0.25, -0.2) is 4.39 Å². The first-order valence-electron chi connectivity index (χ1n) is 8.27. The minimum absolute atomic E-state index is 0.148. The summed E-state index contributed by atoms with van der Waals surface area (Å²) < 4.78 is 12.9. The molecule has 1 amide bonds. The molecule has 0 aliphatic carbocycles. The van der Waals surface area contributed by atoms with Gasteiger partial charge in [0.1, 0.15) is 5.82 Å². The van der Waals surface area contributed by atoms with E-state index in [0.29, 0.717) is 12.3 Å². The quantitative estimate of drug-likeness (QED) is 0.840. The Morgan fingerprint density at radius 2 is 1.61 bits per heavy atom. The van der Waals surface area contributed by atoms with Gasteiger partial charge in [0.25, 0.3) is 0 Å². The molecule has 1 heterocycles.